The minimum atomic E-state index is -1.00. The van der Waals surface area contributed by atoms with E-state index in [1.807, 2.05) is 0 Å². The van der Waals surface area contributed by atoms with Crippen molar-refractivity contribution in [3.63, 3.8) is 0 Å². The zero-order chi connectivity index (χ0) is 12.7. The zero-order valence-electron chi connectivity index (χ0n) is 9.49. The molecule has 0 aliphatic carbocycles. The van der Waals surface area contributed by atoms with Crippen molar-refractivity contribution in [2.75, 3.05) is 0 Å². The number of aryl methyl sites for hydroxylation is 1. The number of carboxylic acid groups (broad SMARTS) is 1. The third-order valence-corrected chi connectivity index (χ3v) is 2.66. The highest BCUT2D eigenvalue weighted by Crippen LogP contribution is 2.25. The number of nitrogens with zero attached hydrogens (tertiary/aromatic N) is 3. The van der Waals surface area contributed by atoms with E-state index in [2.05, 4.69) is 10.1 Å². The summed E-state index contributed by atoms with van der Waals surface area (Å²) < 4.78 is 6.67. The van der Waals surface area contributed by atoms with Crippen molar-refractivity contribution < 1.29 is 14.3 Å². The molecule has 0 spiro atoms. The molecular formula is C12H9N3O3. The Labute approximate surface area is 101 Å². The lowest BCUT2D eigenvalue weighted by Gasteiger charge is -1.98. The van der Waals surface area contributed by atoms with Crippen molar-refractivity contribution in [2.24, 2.45) is 7.05 Å². The molecule has 0 aliphatic heterocycles. The maximum atomic E-state index is 11.1. The van der Waals surface area contributed by atoms with Crippen LogP contribution in [0.5, 0.6) is 0 Å². The van der Waals surface area contributed by atoms with Crippen LogP contribution in [0.3, 0.4) is 0 Å². The quantitative estimate of drug-likeness (QED) is 0.743. The van der Waals surface area contributed by atoms with Crippen LogP contribution in [-0.4, -0.2) is 25.8 Å². The van der Waals surface area contributed by atoms with Gasteiger partial charge in [0.05, 0.1) is 0 Å². The average Bonchev–Trinajstić information content (AvgIpc) is 2.93. The number of aromatic carboxylic acids is 1. The molecule has 2 aromatic heterocycles. The third-order valence-electron chi connectivity index (χ3n) is 2.66. The molecule has 0 saturated carbocycles. The van der Waals surface area contributed by atoms with Gasteiger partial charge >= 0.3 is 5.97 Å². The topological polar surface area (TPSA) is 81.2 Å². The Morgan fingerprint density at radius 1 is 1.44 bits per heavy atom. The second-order valence-electron chi connectivity index (χ2n) is 3.91. The predicted molar refractivity (Wildman–Crippen MR) is 63.2 cm³/mol. The van der Waals surface area contributed by atoms with Crippen LogP contribution < -0.4 is 0 Å². The lowest BCUT2D eigenvalue weighted by atomic mass is 10.1. The Morgan fingerprint density at radius 3 is 3.06 bits per heavy atom. The van der Waals surface area contributed by atoms with Crippen LogP contribution in [0.4, 0.5) is 0 Å². The number of benzene rings is 1. The first-order valence-corrected chi connectivity index (χ1v) is 5.26. The van der Waals surface area contributed by atoms with Crippen molar-refractivity contribution in [1.29, 1.82) is 0 Å². The highest BCUT2D eigenvalue weighted by atomic mass is 16.4. The molecule has 90 valence electrons. The Morgan fingerprint density at radius 2 is 2.28 bits per heavy atom. The molecule has 6 heteroatoms. The van der Waals surface area contributed by atoms with Gasteiger partial charge in [0.15, 0.2) is 12.0 Å². The first-order chi connectivity index (χ1) is 8.65. The first-order valence-electron chi connectivity index (χ1n) is 5.26. The smallest absolute Gasteiger partial charge is 0.339 e. The van der Waals surface area contributed by atoms with E-state index < -0.39 is 5.97 Å². The third kappa shape index (κ3) is 1.55. The summed E-state index contributed by atoms with van der Waals surface area (Å²) in [6.07, 6.45) is 2.83. The average molecular weight is 243 g/mol. The monoisotopic (exact) mass is 243 g/mol. The summed E-state index contributed by atoms with van der Waals surface area (Å²) >= 11 is 0. The predicted octanol–water partition coefficient (Wildman–Crippen LogP) is 1.93. The van der Waals surface area contributed by atoms with E-state index in [-0.39, 0.29) is 5.56 Å². The first kappa shape index (κ1) is 10.5. The van der Waals surface area contributed by atoms with E-state index in [4.69, 9.17) is 9.52 Å². The van der Waals surface area contributed by atoms with E-state index in [0.29, 0.717) is 16.8 Å². The number of rotatable bonds is 2. The molecule has 1 N–H and O–H groups in total. The normalized spacial score (nSPS) is 10.9. The number of carboxylic acids is 1. The Hall–Kier alpha value is -2.63. The summed E-state index contributed by atoms with van der Waals surface area (Å²) in [7, 11) is 1.68. The molecular weight excluding hydrogens is 234 g/mol. The van der Waals surface area contributed by atoms with Crippen molar-refractivity contribution in [3.8, 4) is 11.3 Å². The molecule has 0 radical (unpaired) electrons. The van der Waals surface area contributed by atoms with Crippen LogP contribution in [-0.2, 0) is 7.05 Å². The van der Waals surface area contributed by atoms with Crippen molar-refractivity contribution in [1.82, 2.24) is 14.8 Å². The van der Waals surface area contributed by atoms with Crippen LogP contribution in [0.15, 0.2) is 35.2 Å². The van der Waals surface area contributed by atoms with Gasteiger partial charge in [-0.1, -0.05) is 6.07 Å². The summed E-state index contributed by atoms with van der Waals surface area (Å²) in [6.45, 7) is 0. The summed E-state index contributed by atoms with van der Waals surface area (Å²) in [5, 5.41) is 13.3. The molecule has 0 aliphatic rings. The van der Waals surface area contributed by atoms with Crippen LogP contribution in [0.2, 0.25) is 0 Å². The molecule has 6 nitrogen and oxygen atoms in total. The number of aromatic nitrogens is 3. The Balaban J connectivity index is 2.21. The van der Waals surface area contributed by atoms with E-state index in [0.717, 1.165) is 5.52 Å². The minimum Gasteiger partial charge on any atom is -0.478 e. The lowest BCUT2D eigenvalue weighted by Crippen LogP contribution is -1.96. The number of hydrogen-bond acceptors (Lipinski definition) is 4. The Bertz CT molecular complexity index is 742. The molecule has 18 heavy (non-hydrogen) atoms. The fourth-order valence-electron chi connectivity index (χ4n) is 1.86. The van der Waals surface area contributed by atoms with Gasteiger partial charge in [-0.05, 0) is 12.1 Å². The maximum absolute atomic E-state index is 11.1. The SMILES string of the molecule is Cn1cc(C(=O)O)c(-c2ccc3ncoc3c2)n1. The number of fused-ring (bicyclic) bond motifs is 1. The zero-order valence-corrected chi connectivity index (χ0v) is 9.49. The molecule has 3 aromatic rings. The Kier molecular flexibility index (Phi) is 2.16. The molecule has 0 fully saturated rings. The molecule has 0 unspecified atom stereocenters. The van der Waals surface area contributed by atoms with Gasteiger partial charge in [0.2, 0.25) is 0 Å². The fourth-order valence-corrected chi connectivity index (χ4v) is 1.86. The van der Waals surface area contributed by atoms with Crippen LogP contribution in [0, 0.1) is 0 Å². The molecule has 3 rings (SSSR count). The van der Waals surface area contributed by atoms with Gasteiger partial charge in [0.1, 0.15) is 16.8 Å². The summed E-state index contributed by atoms with van der Waals surface area (Å²) in [5.74, 6) is -1.00. The molecule has 0 amide bonds. The highest BCUT2D eigenvalue weighted by molar-refractivity contribution is 5.95. The van der Waals surface area contributed by atoms with Gasteiger partial charge in [-0.3, -0.25) is 4.68 Å². The van der Waals surface area contributed by atoms with Crippen LogP contribution in [0.1, 0.15) is 10.4 Å². The number of carbonyl (C=O) groups is 1. The summed E-state index contributed by atoms with van der Waals surface area (Å²) in [6, 6.07) is 5.28. The van der Waals surface area contributed by atoms with Gasteiger partial charge in [0.25, 0.3) is 0 Å². The minimum absolute atomic E-state index is 0.163. The standard InChI is InChI=1S/C12H9N3O3/c1-15-5-8(12(16)17)11(14-15)7-2-3-9-10(4-7)18-6-13-9/h2-6H,1H3,(H,16,17). The lowest BCUT2D eigenvalue weighted by molar-refractivity contribution is 0.0697. The fraction of sp³-hybridized carbons (Fsp3) is 0.0833. The second kappa shape index (κ2) is 3.69. The molecule has 0 bridgehead atoms. The van der Waals surface area contributed by atoms with Crippen LogP contribution in [0.25, 0.3) is 22.4 Å². The van der Waals surface area contributed by atoms with Gasteiger partial charge in [-0.15, -0.1) is 0 Å². The molecule has 2 heterocycles. The molecule has 0 saturated heterocycles. The summed E-state index contributed by atoms with van der Waals surface area (Å²) in [5.41, 5.74) is 2.61. The highest BCUT2D eigenvalue weighted by Gasteiger charge is 2.16. The van der Waals surface area contributed by atoms with Crippen molar-refractivity contribution in [2.45, 2.75) is 0 Å². The summed E-state index contributed by atoms with van der Waals surface area (Å²) in [4.78, 5) is 15.1. The second-order valence-corrected chi connectivity index (χ2v) is 3.91. The van der Waals surface area contributed by atoms with E-state index in [1.54, 1.807) is 25.2 Å². The van der Waals surface area contributed by atoms with E-state index in [9.17, 15) is 4.79 Å². The number of hydrogen-bond donors (Lipinski definition) is 1. The number of oxazole rings is 1. The molecule has 1 aromatic carbocycles. The van der Waals surface area contributed by atoms with E-state index in [1.165, 1.54) is 17.3 Å². The maximum Gasteiger partial charge on any atom is 0.339 e. The van der Waals surface area contributed by atoms with E-state index >= 15 is 0 Å². The van der Waals surface area contributed by atoms with Gasteiger partial charge in [-0.25, -0.2) is 9.78 Å². The van der Waals surface area contributed by atoms with Crippen molar-refractivity contribution in [3.05, 3.63) is 36.4 Å². The van der Waals surface area contributed by atoms with Crippen molar-refractivity contribution >= 4 is 17.1 Å². The largest absolute Gasteiger partial charge is 0.478 e. The van der Waals surface area contributed by atoms with Crippen LogP contribution >= 0.6 is 0 Å². The van der Waals surface area contributed by atoms with Gasteiger partial charge < -0.3 is 9.52 Å². The van der Waals surface area contributed by atoms with Gasteiger partial charge in [-0.2, -0.15) is 5.10 Å². The molecule has 0 atom stereocenters. The van der Waals surface area contributed by atoms with Gasteiger partial charge in [0, 0.05) is 18.8 Å².